The molecular weight excluding hydrogens is 480 g/mol. The summed E-state index contributed by atoms with van der Waals surface area (Å²) < 4.78 is 0. The Hall–Kier alpha value is -1.56. The molecule has 0 atom stereocenters. The summed E-state index contributed by atoms with van der Waals surface area (Å²) in [6, 6.07) is 19.3. The molecule has 0 heterocycles. The molecule has 0 amide bonds. The summed E-state index contributed by atoms with van der Waals surface area (Å²) in [6.45, 7) is 6.76. The van der Waals surface area contributed by atoms with E-state index in [-0.39, 0.29) is 0 Å². The molecule has 2 aromatic rings. The third-order valence-electron chi connectivity index (χ3n) is 11.6. The molecule has 0 aromatic heterocycles. The standard InChI is InChI=1S/C35H48.C5H12/c1-2-3-26-4-8-28(9-5-26)30-12-16-32(17-13-30)33-18-14-31(15-19-33)29-10-6-27(7-11-29)22-23-35(24-25-35)34-20-21-34;1-3-5-4-2/h12-19,26-29,34H,2-11,20-25H2,1H3;3-5H2,1-2H3. The molecule has 0 nitrogen and oxygen atoms in total. The summed E-state index contributed by atoms with van der Waals surface area (Å²) in [5.74, 6) is 4.73. The van der Waals surface area contributed by atoms with Crippen molar-refractivity contribution in [3.8, 4) is 11.1 Å². The predicted molar refractivity (Wildman–Crippen MR) is 175 cm³/mol. The van der Waals surface area contributed by atoms with Crippen molar-refractivity contribution < 1.29 is 0 Å². The van der Waals surface area contributed by atoms with E-state index in [0.29, 0.717) is 0 Å². The fraction of sp³-hybridized carbons (Fsp3) is 0.700. The van der Waals surface area contributed by atoms with Gasteiger partial charge in [0, 0.05) is 0 Å². The van der Waals surface area contributed by atoms with Crippen molar-refractivity contribution in [2.24, 2.45) is 23.2 Å². The first-order valence-corrected chi connectivity index (χ1v) is 17.8. The van der Waals surface area contributed by atoms with Gasteiger partial charge in [0.1, 0.15) is 0 Å². The molecule has 0 N–H and O–H groups in total. The van der Waals surface area contributed by atoms with Crippen LogP contribution >= 0.6 is 0 Å². The molecule has 2 aromatic carbocycles. The van der Waals surface area contributed by atoms with Crippen molar-refractivity contribution in [1.82, 2.24) is 0 Å². The minimum atomic E-state index is 0.790. The zero-order valence-corrected chi connectivity index (χ0v) is 26.4. The summed E-state index contributed by atoms with van der Waals surface area (Å²) in [7, 11) is 0. The Bertz CT molecular complexity index is 971. The van der Waals surface area contributed by atoms with Gasteiger partial charge in [-0.3, -0.25) is 0 Å². The van der Waals surface area contributed by atoms with E-state index in [4.69, 9.17) is 0 Å². The largest absolute Gasteiger partial charge is 0.0654 e. The maximum atomic E-state index is 2.44. The molecule has 4 saturated carbocycles. The highest BCUT2D eigenvalue weighted by molar-refractivity contribution is 5.64. The number of rotatable bonds is 11. The lowest BCUT2D eigenvalue weighted by atomic mass is 9.75. The fourth-order valence-electron chi connectivity index (χ4n) is 8.44. The molecular formula is C40H60. The van der Waals surface area contributed by atoms with Crippen LogP contribution in [0.1, 0.15) is 166 Å². The quantitative estimate of drug-likeness (QED) is 0.266. The Labute approximate surface area is 248 Å². The fourth-order valence-corrected chi connectivity index (χ4v) is 8.44. The van der Waals surface area contributed by atoms with Gasteiger partial charge in [0.2, 0.25) is 0 Å². The summed E-state index contributed by atoms with van der Waals surface area (Å²) in [4.78, 5) is 0. The van der Waals surface area contributed by atoms with Gasteiger partial charge in [-0.25, -0.2) is 0 Å². The number of unbranched alkanes of at least 4 members (excludes halogenated alkanes) is 2. The van der Waals surface area contributed by atoms with Gasteiger partial charge in [-0.1, -0.05) is 101 Å². The number of benzene rings is 2. The van der Waals surface area contributed by atoms with E-state index in [9.17, 15) is 0 Å². The maximum Gasteiger partial charge on any atom is -0.0162 e. The van der Waals surface area contributed by atoms with Gasteiger partial charge in [-0.15, -0.1) is 0 Å². The molecule has 0 bridgehead atoms. The first-order chi connectivity index (χ1) is 19.6. The average Bonchev–Trinajstić information content (AvgIpc) is 3.93. The molecule has 0 radical (unpaired) electrons. The highest BCUT2D eigenvalue weighted by Crippen LogP contribution is 2.64. The third-order valence-corrected chi connectivity index (χ3v) is 11.6. The number of hydrogen-bond donors (Lipinski definition) is 0. The van der Waals surface area contributed by atoms with Crippen molar-refractivity contribution in [1.29, 1.82) is 0 Å². The minimum Gasteiger partial charge on any atom is -0.0654 e. The van der Waals surface area contributed by atoms with Gasteiger partial charge in [0.05, 0.1) is 0 Å². The van der Waals surface area contributed by atoms with Crippen molar-refractivity contribution in [3.05, 3.63) is 59.7 Å². The van der Waals surface area contributed by atoms with Gasteiger partial charge in [-0.05, 0) is 147 Å². The monoisotopic (exact) mass is 540 g/mol. The van der Waals surface area contributed by atoms with E-state index >= 15 is 0 Å². The van der Waals surface area contributed by atoms with Crippen molar-refractivity contribution >= 4 is 0 Å². The molecule has 40 heavy (non-hydrogen) atoms. The Morgan fingerprint density at radius 2 is 0.975 bits per heavy atom. The van der Waals surface area contributed by atoms with Crippen molar-refractivity contribution in [3.63, 3.8) is 0 Å². The second kappa shape index (κ2) is 14.6. The molecule has 0 unspecified atom stereocenters. The van der Waals surface area contributed by atoms with Crippen LogP contribution in [0.25, 0.3) is 11.1 Å². The third kappa shape index (κ3) is 8.04. The summed E-state index contributed by atoms with van der Waals surface area (Å²) in [5, 5.41) is 0. The molecule has 0 heteroatoms. The molecule has 0 saturated heterocycles. The van der Waals surface area contributed by atoms with Crippen LogP contribution in [0.4, 0.5) is 0 Å². The second-order valence-electron chi connectivity index (χ2n) is 14.5. The zero-order chi connectivity index (χ0) is 27.8. The lowest BCUT2D eigenvalue weighted by Crippen LogP contribution is -2.15. The maximum absolute atomic E-state index is 2.44. The van der Waals surface area contributed by atoms with Gasteiger partial charge >= 0.3 is 0 Å². The zero-order valence-electron chi connectivity index (χ0n) is 26.4. The van der Waals surface area contributed by atoms with Gasteiger partial charge in [-0.2, -0.15) is 0 Å². The Balaban J connectivity index is 0.000000595. The molecule has 4 aliphatic carbocycles. The Kier molecular flexibility index (Phi) is 10.9. The summed E-state index contributed by atoms with van der Waals surface area (Å²) >= 11 is 0. The molecule has 0 spiro atoms. The van der Waals surface area contributed by atoms with Crippen LogP contribution in [0.2, 0.25) is 0 Å². The lowest BCUT2D eigenvalue weighted by molar-refractivity contribution is 0.270. The first-order valence-electron chi connectivity index (χ1n) is 17.8. The van der Waals surface area contributed by atoms with E-state index in [0.717, 1.165) is 35.0 Å². The Morgan fingerprint density at radius 3 is 1.32 bits per heavy atom. The Morgan fingerprint density at radius 1 is 0.525 bits per heavy atom. The van der Waals surface area contributed by atoms with Gasteiger partial charge < -0.3 is 0 Å². The normalized spacial score (nSPS) is 27.5. The van der Waals surface area contributed by atoms with E-state index < -0.39 is 0 Å². The minimum absolute atomic E-state index is 0.790. The molecule has 4 fully saturated rings. The van der Waals surface area contributed by atoms with Crippen LogP contribution in [0.15, 0.2) is 48.5 Å². The van der Waals surface area contributed by atoms with Crippen LogP contribution < -0.4 is 0 Å². The predicted octanol–water partition coefficient (Wildman–Crippen LogP) is 12.9. The molecule has 0 aliphatic heterocycles. The summed E-state index contributed by atoms with van der Waals surface area (Å²) in [6.07, 6.45) is 27.6. The van der Waals surface area contributed by atoms with Crippen LogP contribution in [0, 0.1) is 23.2 Å². The van der Waals surface area contributed by atoms with Crippen LogP contribution in [0.3, 0.4) is 0 Å². The van der Waals surface area contributed by atoms with Crippen LogP contribution in [-0.2, 0) is 0 Å². The summed E-state index contributed by atoms with van der Waals surface area (Å²) in [5.41, 5.74) is 6.77. The first kappa shape index (κ1) is 29.9. The van der Waals surface area contributed by atoms with E-state index in [1.807, 2.05) is 0 Å². The van der Waals surface area contributed by atoms with E-state index in [1.165, 1.54) is 101 Å². The topological polar surface area (TPSA) is 0 Å². The highest BCUT2D eigenvalue weighted by atomic mass is 14.6. The number of hydrogen-bond acceptors (Lipinski definition) is 0. The molecule has 4 aliphatic rings. The molecule has 6 rings (SSSR count). The van der Waals surface area contributed by atoms with Crippen LogP contribution in [0.5, 0.6) is 0 Å². The van der Waals surface area contributed by atoms with Crippen molar-refractivity contribution in [2.75, 3.05) is 0 Å². The lowest BCUT2D eigenvalue weighted by Gasteiger charge is -2.30. The van der Waals surface area contributed by atoms with E-state index in [1.54, 1.807) is 43.2 Å². The average molecular weight is 541 g/mol. The van der Waals surface area contributed by atoms with Gasteiger partial charge in [0.15, 0.2) is 0 Å². The van der Waals surface area contributed by atoms with Gasteiger partial charge in [0.25, 0.3) is 0 Å². The second-order valence-corrected chi connectivity index (χ2v) is 14.5. The van der Waals surface area contributed by atoms with Crippen molar-refractivity contribution in [2.45, 2.75) is 155 Å². The molecule has 220 valence electrons. The van der Waals surface area contributed by atoms with Crippen LogP contribution in [-0.4, -0.2) is 0 Å². The smallest absolute Gasteiger partial charge is 0.0162 e. The highest BCUT2D eigenvalue weighted by Gasteiger charge is 2.53. The SMILES string of the molecule is CCCC1CCC(c2ccc(-c3ccc(C4CCC(CCC5(C6CC6)CC5)CC4)cc3)cc2)CC1.CCCCC. The van der Waals surface area contributed by atoms with E-state index in [2.05, 4.69) is 69.3 Å².